The maximum atomic E-state index is 13.5. The van der Waals surface area contributed by atoms with Crippen LogP contribution < -0.4 is 5.73 Å². The van der Waals surface area contributed by atoms with Crippen LogP contribution in [0.15, 0.2) is 24.3 Å². The number of anilines is 1. The van der Waals surface area contributed by atoms with Gasteiger partial charge < -0.3 is 5.73 Å². The zero-order valence-corrected chi connectivity index (χ0v) is 10.1. The number of aromatic nitrogens is 2. The van der Waals surface area contributed by atoms with Crippen LogP contribution in [0, 0.1) is 19.7 Å². The zero-order valence-electron chi connectivity index (χ0n) is 10.1. The molecule has 4 nitrogen and oxygen atoms in total. The first-order valence-electron chi connectivity index (χ1n) is 5.40. The Morgan fingerprint density at radius 1 is 1.17 bits per heavy atom. The van der Waals surface area contributed by atoms with Crippen LogP contribution in [-0.2, 0) is 0 Å². The number of ketones is 1. The molecule has 2 rings (SSSR count). The van der Waals surface area contributed by atoms with E-state index in [1.807, 2.05) is 0 Å². The predicted octanol–water partition coefficient (Wildman–Crippen LogP) is 2.05. The van der Waals surface area contributed by atoms with Crippen LogP contribution in [0.4, 0.5) is 10.2 Å². The summed E-state index contributed by atoms with van der Waals surface area (Å²) >= 11 is 0. The lowest BCUT2D eigenvalue weighted by atomic mass is 10.1. The Labute approximate surface area is 104 Å². The smallest absolute Gasteiger partial charge is 0.218 e. The molecule has 0 aliphatic rings. The van der Waals surface area contributed by atoms with E-state index in [4.69, 9.17) is 5.73 Å². The number of benzene rings is 1. The average molecular weight is 245 g/mol. The SMILES string of the molecule is Cc1nc(N)c(C(=O)c2ccccc2F)nc1C. The average Bonchev–Trinajstić information content (AvgIpc) is 2.33. The molecule has 1 heterocycles. The monoisotopic (exact) mass is 245 g/mol. The first kappa shape index (κ1) is 12.2. The third-order valence-corrected chi connectivity index (χ3v) is 2.67. The highest BCUT2D eigenvalue weighted by molar-refractivity contribution is 6.10. The van der Waals surface area contributed by atoms with Gasteiger partial charge in [-0.2, -0.15) is 0 Å². The summed E-state index contributed by atoms with van der Waals surface area (Å²) in [5, 5.41) is 0. The second-order valence-corrected chi connectivity index (χ2v) is 3.94. The van der Waals surface area contributed by atoms with Crippen molar-refractivity contribution in [1.82, 2.24) is 9.97 Å². The zero-order chi connectivity index (χ0) is 13.3. The molecule has 92 valence electrons. The van der Waals surface area contributed by atoms with E-state index in [2.05, 4.69) is 9.97 Å². The molecule has 5 heteroatoms. The molecule has 2 N–H and O–H groups in total. The van der Waals surface area contributed by atoms with Gasteiger partial charge in [-0.3, -0.25) is 4.79 Å². The molecule has 0 bridgehead atoms. The fourth-order valence-electron chi connectivity index (χ4n) is 1.56. The summed E-state index contributed by atoms with van der Waals surface area (Å²) in [6.07, 6.45) is 0. The van der Waals surface area contributed by atoms with Crippen LogP contribution >= 0.6 is 0 Å². The van der Waals surface area contributed by atoms with Crippen LogP contribution in [0.25, 0.3) is 0 Å². The first-order chi connectivity index (χ1) is 8.50. The maximum absolute atomic E-state index is 13.5. The molecule has 1 aromatic heterocycles. The van der Waals surface area contributed by atoms with Crippen LogP contribution in [0.2, 0.25) is 0 Å². The standard InChI is InChI=1S/C13H12FN3O/c1-7-8(2)17-13(15)11(16-7)12(18)9-5-3-4-6-10(9)14/h3-6H,1-2H3,(H2,15,17). The summed E-state index contributed by atoms with van der Waals surface area (Å²) < 4.78 is 13.5. The molecule has 0 aliphatic carbocycles. The molecule has 0 unspecified atom stereocenters. The van der Waals surface area contributed by atoms with E-state index in [0.29, 0.717) is 11.4 Å². The number of carbonyl (C=O) groups excluding carboxylic acids is 1. The van der Waals surface area contributed by atoms with Crippen LogP contribution in [0.1, 0.15) is 27.4 Å². The van der Waals surface area contributed by atoms with Crippen molar-refractivity contribution in [3.05, 3.63) is 52.7 Å². The summed E-state index contributed by atoms with van der Waals surface area (Å²) in [6.45, 7) is 3.47. The van der Waals surface area contributed by atoms with Gasteiger partial charge >= 0.3 is 0 Å². The van der Waals surface area contributed by atoms with Crippen LogP contribution in [0.5, 0.6) is 0 Å². The maximum Gasteiger partial charge on any atom is 0.218 e. The molecular formula is C13H12FN3O. The minimum atomic E-state index is -0.595. The lowest BCUT2D eigenvalue weighted by Crippen LogP contribution is -2.13. The molecule has 0 aliphatic heterocycles. The molecule has 2 aromatic rings. The van der Waals surface area contributed by atoms with Crippen molar-refractivity contribution in [2.24, 2.45) is 0 Å². The summed E-state index contributed by atoms with van der Waals surface area (Å²) in [5.41, 5.74) is 6.85. The Morgan fingerprint density at radius 2 is 1.78 bits per heavy atom. The number of rotatable bonds is 2. The summed E-state index contributed by atoms with van der Waals surface area (Å²) in [4.78, 5) is 20.2. The number of carbonyl (C=O) groups is 1. The Bertz CT molecular complexity index is 626. The van der Waals surface area contributed by atoms with Crippen molar-refractivity contribution in [2.75, 3.05) is 5.73 Å². The molecule has 0 atom stereocenters. The minimum absolute atomic E-state index is 0.0109. The van der Waals surface area contributed by atoms with Gasteiger partial charge in [0.15, 0.2) is 11.5 Å². The van der Waals surface area contributed by atoms with Gasteiger partial charge in [-0.15, -0.1) is 0 Å². The second-order valence-electron chi connectivity index (χ2n) is 3.94. The number of nitrogens with zero attached hydrogens (tertiary/aromatic N) is 2. The van der Waals surface area contributed by atoms with E-state index in [1.165, 1.54) is 18.2 Å². The molecule has 18 heavy (non-hydrogen) atoms. The molecule has 0 saturated carbocycles. The summed E-state index contributed by atoms with van der Waals surface area (Å²) in [7, 11) is 0. The van der Waals surface area contributed by atoms with Gasteiger partial charge in [0.25, 0.3) is 0 Å². The molecule has 0 spiro atoms. The quantitative estimate of drug-likeness (QED) is 0.822. The number of nitrogen functional groups attached to an aromatic ring is 1. The fourth-order valence-corrected chi connectivity index (χ4v) is 1.56. The Morgan fingerprint density at radius 3 is 2.44 bits per heavy atom. The van der Waals surface area contributed by atoms with Gasteiger partial charge in [-0.05, 0) is 26.0 Å². The van der Waals surface area contributed by atoms with Gasteiger partial charge in [-0.25, -0.2) is 14.4 Å². The number of hydrogen-bond acceptors (Lipinski definition) is 4. The third kappa shape index (κ3) is 2.07. The summed E-state index contributed by atoms with van der Waals surface area (Å²) in [5.74, 6) is -1.13. The summed E-state index contributed by atoms with van der Waals surface area (Å²) in [6, 6.07) is 5.72. The van der Waals surface area contributed by atoms with Crippen molar-refractivity contribution < 1.29 is 9.18 Å². The number of halogens is 1. The molecule has 0 saturated heterocycles. The Hall–Kier alpha value is -2.30. The lowest BCUT2D eigenvalue weighted by molar-refractivity contribution is 0.103. The van der Waals surface area contributed by atoms with E-state index in [9.17, 15) is 9.18 Å². The highest BCUT2D eigenvalue weighted by atomic mass is 19.1. The van der Waals surface area contributed by atoms with Crippen molar-refractivity contribution in [1.29, 1.82) is 0 Å². The van der Waals surface area contributed by atoms with E-state index < -0.39 is 11.6 Å². The van der Waals surface area contributed by atoms with Gasteiger partial charge in [-0.1, -0.05) is 12.1 Å². The van der Waals surface area contributed by atoms with E-state index in [1.54, 1.807) is 19.9 Å². The highest BCUT2D eigenvalue weighted by Gasteiger charge is 2.19. The number of aryl methyl sites for hydroxylation is 2. The second kappa shape index (κ2) is 4.52. The first-order valence-corrected chi connectivity index (χ1v) is 5.40. The molecule has 0 amide bonds. The largest absolute Gasteiger partial charge is 0.382 e. The third-order valence-electron chi connectivity index (χ3n) is 2.67. The van der Waals surface area contributed by atoms with Crippen LogP contribution in [0.3, 0.4) is 0 Å². The normalized spacial score (nSPS) is 10.4. The fraction of sp³-hybridized carbons (Fsp3) is 0.154. The van der Waals surface area contributed by atoms with Crippen molar-refractivity contribution >= 4 is 11.6 Å². The minimum Gasteiger partial charge on any atom is -0.382 e. The lowest BCUT2D eigenvalue weighted by Gasteiger charge is -2.07. The predicted molar refractivity (Wildman–Crippen MR) is 65.8 cm³/mol. The van der Waals surface area contributed by atoms with Gasteiger partial charge in [0.1, 0.15) is 5.82 Å². The van der Waals surface area contributed by atoms with E-state index >= 15 is 0 Å². The highest BCUT2D eigenvalue weighted by Crippen LogP contribution is 2.16. The van der Waals surface area contributed by atoms with Crippen molar-refractivity contribution in [2.45, 2.75) is 13.8 Å². The van der Waals surface area contributed by atoms with Crippen molar-refractivity contribution in [3.8, 4) is 0 Å². The Kier molecular flexibility index (Phi) is 3.06. The van der Waals surface area contributed by atoms with Gasteiger partial charge in [0.05, 0.1) is 17.0 Å². The molecule has 1 aromatic carbocycles. The molecular weight excluding hydrogens is 233 g/mol. The Balaban J connectivity index is 2.53. The number of nitrogens with two attached hydrogens (primary N) is 1. The topological polar surface area (TPSA) is 68.9 Å². The van der Waals surface area contributed by atoms with Gasteiger partial charge in [0.2, 0.25) is 5.78 Å². The van der Waals surface area contributed by atoms with E-state index in [0.717, 1.165) is 0 Å². The molecule has 0 radical (unpaired) electrons. The van der Waals surface area contributed by atoms with Crippen LogP contribution in [-0.4, -0.2) is 15.8 Å². The van der Waals surface area contributed by atoms with Crippen molar-refractivity contribution in [3.63, 3.8) is 0 Å². The molecule has 0 fully saturated rings. The van der Waals surface area contributed by atoms with E-state index in [-0.39, 0.29) is 17.1 Å². The number of hydrogen-bond donors (Lipinski definition) is 1. The van der Waals surface area contributed by atoms with Gasteiger partial charge in [0, 0.05) is 0 Å².